The molecule has 0 fully saturated rings. The molecule has 0 spiro atoms. The Balaban J connectivity index is 1.47. The summed E-state index contributed by atoms with van der Waals surface area (Å²) in [5.41, 5.74) is 1.82. The predicted octanol–water partition coefficient (Wildman–Crippen LogP) is 6.05. The molecule has 4 rings (SSSR count). The smallest absolute Gasteiger partial charge is 0.325 e. The molecule has 10 heteroatoms. The van der Waals surface area contributed by atoms with Crippen LogP contribution in [0.1, 0.15) is 42.2 Å². The van der Waals surface area contributed by atoms with Crippen LogP contribution >= 0.6 is 23.1 Å². The maximum Gasteiger partial charge on any atom is 0.416 e. The van der Waals surface area contributed by atoms with Crippen molar-refractivity contribution >= 4 is 34.7 Å². The van der Waals surface area contributed by atoms with Gasteiger partial charge in [0.1, 0.15) is 0 Å². The van der Waals surface area contributed by atoms with Crippen molar-refractivity contribution in [3.8, 4) is 11.4 Å². The van der Waals surface area contributed by atoms with Gasteiger partial charge in [-0.1, -0.05) is 24.8 Å². The average molecular weight is 481 g/mol. The molecule has 2 heterocycles. The standard InChI is InChI=1S/C22H23F3N4OS2/c1-2-10-29-20(17-12-31-18-9-4-3-8-16(17)18)27-28-21(29)32-13-19(30)26-15-7-5-6-14(11-15)22(23,24)25/h5-7,11-12H,2-4,8-10,13H2,1H3,(H,26,30). The molecule has 0 saturated heterocycles. The van der Waals surface area contributed by atoms with Gasteiger partial charge in [-0.05, 0) is 55.9 Å². The van der Waals surface area contributed by atoms with Crippen LogP contribution in [0.2, 0.25) is 0 Å². The first-order valence-electron chi connectivity index (χ1n) is 10.5. The summed E-state index contributed by atoms with van der Waals surface area (Å²) >= 11 is 3.01. The molecule has 1 aliphatic carbocycles. The Bertz CT molecular complexity index is 1110. The first-order valence-corrected chi connectivity index (χ1v) is 12.4. The zero-order valence-electron chi connectivity index (χ0n) is 17.5. The molecule has 1 aliphatic rings. The molecule has 1 aromatic carbocycles. The van der Waals surface area contributed by atoms with Gasteiger partial charge in [0, 0.05) is 28.1 Å². The number of aromatic nitrogens is 3. The van der Waals surface area contributed by atoms with E-state index in [0.717, 1.165) is 49.3 Å². The fraction of sp³-hybridized carbons (Fsp3) is 0.409. The van der Waals surface area contributed by atoms with Crippen molar-refractivity contribution in [2.75, 3.05) is 11.1 Å². The number of nitrogens with zero attached hydrogens (tertiary/aromatic N) is 3. The second kappa shape index (κ2) is 9.66. The number of anilines is 1. The summed E-state index contributed by atoms with van der Waals surface area (Å²) in [7, 11) is 0. The number of aryl methyl sites for hydroxylation is 1. The number of carbonyl (C=O) groups excluding carboxylic acids is 1. The van der Waals surface area contributed by atoms with Gasteiger partial charge in [-0.15, -0.1) is 21.5 Å². The van der Waals surface area contributed by atoms with E-state index in [-0.39, 0.29) is 11.4 Å². The molecule has 0 bridgehead atoms. The second-order valence-corrected chi connectivity index (χ2v) is 9.54. The number of thiophene rings is 1. The van der Waals surface area contributed by atoms with Crippen LogP contribution in [-0.4, -0.2) is 26.4 Å². The van der Waals surface area contributed by atoms with Crippen molar-refractivity contribution in [2.45, 2.75) is 56.9 Å². The van der Waals surface area contributed by atoms with Gasteiger partial charge in [-0.3, -0.25) is 4.79 Å². The molecule has 170 valence electrons. The van der Waals surface area contributed by atoms with Crippen molar-refractivity contribution < 1.29 is 18.0 Å². The van der Waals surface area contributed by atoms with Gasteiger partial charge < -0.3 is 9.88 Å². The zero-order chi connectivity index (χ0) is 22.7. The highest BCUT2D eigenvalue weighted by atomic mass is 32.2. The van der Waals surface area contributed by atoms with Crippen LogP contribution in [0.4, 0.5) is 18.9 Å². The number of hydrogen-bond acceptors (Lipinski definition) is 5. The molecule has 3 aromatic rings. The molecule has 0 aliphatic heterocycles. The van der Waals surface area contributed by atoms with Crippen LogP contribution in [0.25, 0.3) is 11.4 Å². The van der Waals surface area contributed by atoms with Crippen LogP contribution in [-0.2, 0) is 30.4 Å². The molecule has 5 nitrogen and oxygen atoms in total. The molecule has 1 amide bonds. The molecular weight excluding hydrogens is 457 g/mol. The number of fused-ring (bicyclic) bond motifs is 1. The quantitative estimate of drug-likeness (QED) is 0.419. The largest absolute Gasteiger partial charge is 0.416 e. The van der Waals surface area contributed by atoms with Crippen LogP contribution in [0.15, 0.2) is 34.8 Å². The number of hydrogen-bond donors (Lipinski definition) is 1. The number of halogens is 3. The van der Waals surface area contributed by atoms with E-state index in [4.69, 9.17) is 0 Å². The molecule has 2 aromatic heterocycles. The highest BCUT2D eigenvalue weighted by Gasteiger charge is 2.30. The Labute approximate surface area is 192 Å². The third kappa shape index (κ3) is 5.01. The van der Waals surface area contributed by atoms with Gasteiger partial charge in [0.15, 0.2) is 11.0 Å². The van der Waals surface area contributed by atoms with Crippen molar-refractivity contribution in [3.05, 3.63) is 45.6 Å². The minimum Gasteiger partial charge on any atom is -0.325 e. The first-order chi connectivity index (χ1) is 15.4. The minimum absolute atomic E-state index is 0.0276. The molecule has 0 saturated carbocycles. The second-order valence-electron chi connectivity index (χ2n) is 7.63. The maximum absolute atomic E-state index is 12.9. The normalized spacial score (nSPS) is 13.8. The van der Waals surface area contributed by atoms with Crippen molar-refractivity contribution in [1.82, 2.24) is 14.8 Å². The number of rotatable bonds is 7. The number of nitrogens with one attached hydrogen (secondary N) is 1. The van der Waals surface area contributed by atoms with Crippen molar-refractivity contribution in [1.29, 1.82) is 0 Å². The summed E-state index contributed by atoms with van der Waals surface area (Å²) < 4.78 is 40.7. The lowest BCUT2D eigenvalue weighted by atomic mass is 9.95. The van der Waals surface area contributed by atoms with Gasteiger partial charge in [0.25, 0.3) is 0 Å². The van der Waals surface area contributed by atoms with Gasteiger partial charge >= 0.3 is 6.18 Å². The fourth-order valence-corrected chi connectivity index (χ4v) is 5.69. The lowest BCUT2D eigenvalue weighted by Gasteiger charge is -2.14. The summed E-state index contributed by atoms with van der Waals surface area (Å²) in [5.74, 6) is 0.460. The van der Waals surface area contributed by atoms with E-state index in [1.54, 1.807) is 11.3 Å². The SMILES string of the molecule is CCCn1c(SCC(=O)Nc2cccc(C(F)(F)F)c2)nnc1-c1csc2c1CCCC2. The maximum atomic E-state index is 12.9. The molecular formula is C22H23F3N4OS2. The number of carbonyl (C=O) groups is 1. The zero-order valence-corrected chi connectivity index (χ0v) is 19.2. The molecule has 0 atom stereocenters. The van der Waals surface area contributed by atoms with E-state index in [1.165, 1.54) is 47.2 Å². The minimum atomic E-state index is -4.46. The van der Waals surface area contributed by atoms with E-state index < -0.39 is 17.6 Å². The summed E-state index contributed by atoms with van der Waals surface area (Å²) in [6.07, 6.45) is 0.992. The number of benzene rings is 1. The molecule has 32 heavy (non-hydrogen) atoms. The number of alkyl halides is 3. The van der Waals surface area contributed by atoms with E-state index in [9.17, 15) is 18.0 Å². The Morgan fingerprint density at radius 1 is 1.25 bits per heavy atom. The molecule has 0 radical (unpaired) electrons. The van der Waals surface area contributed by atoms with Crippen molar-refractivity contribution in [2.24, 2.45) is 0 Å². The highest BCUT2D eigenvalue weighted by molar-refractivity contribution is 7.99. The van der Waals surface area contributed by atoms with Gasteiger partial charge in [0.2, 0.25) is 5.91 Å². The van der Waals surface area contributed by atoms with E-state index in [2.05, 4.69) is 27.8 Å². The number of amides is 1. The van der Waals surface area contributed by atoms with Crippen LogP contribution in [0.5, 0.6) is 0 Å². The van der Waals surface area contributed by atoms with Crippen LogP contribution in [0.3, 0.4) is 0 Å². The monoisotopic (exact) mass is 480 g/mol. The molecule has 1 N–H and O–H groups in total. The van der Waals surface area contributed by atoms with Gasteiger partial charge in [0.05, 0.1) is 11.3 Å². The van der Waals surface area contributed by atoms with Gasteiger partial charge in [-0.25, -0.2) is 0 Å². The summed E-state index contributed by atoms with van der Waals surface area (Å²) in [4.78, 5) is 13.8. The summed E-state index contributed by atoms with van der Waals surface area (Å²) in [5, 5.41) is 14.1. The van der Waals surface area contributed by atoms with E-state index in [0.29, 0.717) is 5.16 Å². The lowest BCUT2D eigenvalue weighted by molar-refractivity contribution is -0.137. The van der Waals surface area contributed by atoms with Crippen LogP contribution in [0, 0.1) is 0 Å². The number of thioether (sulfide) groups is 1. The average Bonchev–Trinajstić information content (AvgIpc) is 3.36. The van der Waals surface area contributed by atoms with Crippen molar-refractivity contribution in [3.63, 3.8) is 0 Å². The predicted molar refractivity (Wildman–Crippen MR) is 121 cm³/mol. The molecule has 0 unspecified atom stereocenters. The summed E-state index contributed by atoms with van der Waals surface area (Å²) in [6.45, 7) is 2.80. The summed E-state index contributed by atoms with van der Waals surface area (Å²) in [6, 6.07) is 4.62. The third-order valence-corrected chi connectivity index (χ3v) is 7.33. The Morgan fingerprint density at radius 3 is 2.84 bits per heavy atom. The Morgan fingerprint density at radius 2 is 2.06 bits per heavy atom. The van der Waals surface area contributed by atoms with E-state index >= 15 is 0 Å². The fourth-order valence-electron chi connectivity index (χ4n) is 3.80. The highest BCUT2D eigenvalue weighted by Crippen LogP contribution is 2.37. The topological polar surface area (TPSA) is 59.8 Å². The van der Waals surface area contributed by atoms with Gasteiger partial charge in [-0.2, -0.15) is 13.2 Å². The Kier molecular flexibility index (Phi) is 6.90. The Hall–Kier alpha value is -2.33. The van der Waals surface area contributed by atoms with E-state index in [1.807, 2.05) is 4.57 Å². The lowest BCUT2D eigenvalue weighted by Crippen LogP contribution is -2.15. The first kappa shape index (κ1) is 22.8. The van der Waals surface area contributed by atoms with Crippen LogP contribution < -0.4 is 5.32 Å². The third-order valence-electron chi connectivity index (χ3n) is 5.27.